The van der Waals surface area contributed by atoms with Crippen LogP contribution < -0.4 is 0 Å². The fourth-order valence-corrected chi connectivity index (χ4v) is 4.17. The number of piperidine rings is 1. The highest BCUT2D eigenvalue weighted by Crippen LogP contribution is 2.28. The molecule has 0 radical (unpaired) electrons. The van der Waals surface area contributed by atoms with Crippen molar-refractivity contribution in [2.45, 2.75) is 51.7 Å². The molecule has 0 bridgehead atoms. The minimum absolute atomic E-state index is 0.697. The Balaban J connectivity index is 1.72. The maximum absolute atomic E-state index is 3.53. The van der Waals surface area contributed by atoms with Crippen molar-refractivity contribution in [3.05, 3.63) is 34.3 Å². The van der Waals surface area contributed by atoms with Crippen LogP contribution in [0.3, 0.4) is 0 Å². The van der Waals surface area contributed by atoms with Crippen molar-refractivity contribution in [3.63, 3.8) is 0 Å². The second-order valence-electron chi connectivity index (χ2n) is 7.01. The van der Waals surface area contributed by atoms with Crippen LogP contribution >= 0.6 is 15.9 Å². The molecule has 0 spiro atoms. The van der Waals surface area contributed by atoms with Crippen LogP contribution in [0.2, 0.25) is 0 Å². The maximum Gasteiger partial charge on any atom is 0.0250 e. The topological polar surface area (TPSA) is 6.48 Å². The molecule has 3 rings (SSSR count). The highest BCUT2D eigenvalue weighted by molar-refractivity contribution is 9.10. The van der Waals surface area contributed by atoms with E-state index in [1.54, 1.807) is 0 Å². The van der Waals surface area contributed by atoms with Gasteiger partial charge in [-0.05, 0) is 43.0 Å². The van der Waals surface area contributed by atoms with E-state index in [2.05, 4.69) is 63.8 Å². The zero-order valence-electron chi connectivity index (χ0n) is 13.3. The zero-order valence-corrected chi connectivity index (χ0v) is 14.8. The van der Waals surface area contributed by atoms with Crippen LogP contribution in [0.5, 0.6) is 0 Å². The summed E-state index contributed by atoms with van der Waals surface area (Å²) in [6.07, 6.45) is 4.20. The highest BCUT2D eigenvalue weighted by atomic mass is 79.9. The smallest absolute Gasteiger partial charge is 0.0250 e. The third kappa shape index (κ3) is 3.69. The van der Waals surface area contributed by atoms with Gasteiger partial charge in [-0.25, -0.2) is 0 Å². The second kappa shape index (κ2) is 6.80. The van der Waals surface area contributed by atoms with Gasteiger partial charge in [0.1, 0.15) is 0 Å². The summed E-state index contributed by atoms with van der Waals surface area (Å²) in [7, 11) is 0. The Labute approximate surface area is 137 Å². The number of benzene rings is 1. The van der Waals surface area contributed by atoms with Crippen LogP contribution in [-0.4, -0.2) is 41.5 Å². The molecule has 3 heteroatoms. The molecule has 2 saturated heterocycles. The molecular weight excluding hydrogens is 324 g/mol. The molecule has 1 aromatic rings. The first kappa shape index (κ1) is 15.5. The largest absolute Gasteiger partial charge is 0.298 e. The molecule has 21 heavy (non-hydrogen) atoms. The average molecular weight is 351 g/mol. The van der Waals surface area contributed by atoms with Gasteiger partial charge in [-0.2, -0.15) is 0 Å². The summed E-state index contributed by atoms with van der Waals surface area (Å²) in [5, 5.41) is 0. The predicted octanol–water partition coefficient (Wildman–Crippen LogP) is 4.14. The Morgan fingerprint density at radius 1 is 1.14 bits per heavy atom. The molecule has 116 valence electrons. The van der Waals surface area contributed by atoms with Gasteiger partial charge >= 0.3 is 0 Å². The molecule has 1 aromatic carbocycles. The molecule has 0 aromatic heterocycles. The van der Waals surface area contributed by atoms with Crippen LogP contribution in [0.1, 0.15) is 38.7 Å². The number of fused-ring (bicyclic) bond motifs is 1. The lowest BCUT2D eigenvalue weighted by Gasteiger charge is -2.50. The Bertz CT molecular complexity index is 457. The number of hydrogen-bond donors (Lipinski definition) is 0. The van der Waals surface area contributed by atoms with E-state index in [-0.39, 0.29) is 0 Å². The first-order valence-corrected chi connectivity index (χ1v) is 9.15. The van der Waals surface area contributed by atoms with Gasteiger partial charge in [0.05, 0.1) is 0 Å². The Hall–Kier alpha value is -0.380. The summed E-state index contributed by atoms with van der Waals surface area (Å²) < 4.78 is 1.17. The molecule has 2 fully saturated rings. The molecule has 2 aliphatic heterocycles. The van der Waals surface area contributed by atoms with Crippen LogP contribution in [0.25, 0.3) is 0 Å². The molecule has 2 aliphatic rings. The third-order valence-corrected chi connectivity index (χ3v) is 5.68. The van der Waals surface area contributed by atoms with Crippen molar-refractivity contribution >= 4 is 15.9 Å². The van der Waals surface area contributed by atoms with E-state index >= 15 is 0 Å². The van der Waals surface area contributed by atoms with Crippen LogP contribution in [0, 0.1) is 5.92 Å². The van der Waals surface area contributed by atoms with E-state index < -0.39 is 0 Å². The van der Waals surface area contributed by atoms with Gasteiger partial charge in [0.2, 0.25) is 0 Å². The fourth-order valence-electron chi connectivity index (χ4n) is 3.91. The number of nitrogens with zero attached hydrogens (tertiary/aromatic N) is 2. The fraction of sp³-hybridized carbons (Fsp3) is 0.667. The van der Waals surface area contributed by atoms with Crippen molar-refractivity contribution < 1.29 is 0 Å². The minimum Gasteiger partial charge on any atom is -0.298 e. The van der Waals surface area contributed by atoms with Gasteiger partial charge in [-0.1, -0.05) is 48.3 Å². The van der Waals surface area contributed by atoms with E-state index in [9.17, 15) is 0 Å². The van der Waals surface area contributed by atoms with Gasteiger partial charge in [0.25, 0.3) is 0 Å². The third-order valence-electron chi connectivity index (χ3n) is 5.15. The number of hydrogen-bond acceptors (Lipinski definition) is 2. The number of rotatable bonds is 3. The lowest BCUT2D eigenvalue weighted by atomic mass is 9.91. The van der Waals surface area contributed by atoms with Crippen molar-refractivity contribution in [1.29, 1.82) is 0 Å². The average Bonchev–Trinajstić information content (AvgIpc) is 2.48. The zero-order chi connectivity index (χ0) is 14.8. The summed E-state index contributed by atoms with van der Waals surface area (Å²) in [6.45, 7) is 9.69. The lowest BCUT2D eigenvalue weighted by Crippen LogP contribution is -2.60. The van der Waals surface area contributed by atoms with Crippen LogP contribution in [0.15, 0.2) is 28.7 Å². The molecule has 0 amide bonds. The van der Waals surface area contributed by atoms with E-state index in [0.29, 0.717) is 6.04 Å². The van der Waals surface area contributed by atoms with Crippen LogP contribution in [0.4, 0.5) is 0 Å². The quantitative estimate of drug-likeness (QED) is 0.807. The normalized spacial score (nSPS) is 27.8. The standard InChI is InChI=1S/C18H27BrN2/c1-14(2)18-13-20-10-4-3-5-17(20)12-21(18)11-15-6-8-16(19)9-7-15/h6-9,14,17-18H,3-5,10-13H2,1-2H3. The molecule has 0 saturated carbocycles. The van der Waals surface area contributed by atoms with E-state index in [1.165, 1.54) is 48.9 Å². The van der Waals surface area contributed by atoms with Gasteiger partial charge in [0.15, 0.2) is 0 Å². The van der Waals surface area contributed by atoms with Gasteiger partial charge in [-0.15, -0.1) is 0 Å². The molecule has 2 unspecified atom stereocenters. The first-order valence-electron chi connectivity index (χ1n) is 8.36. The Kier molecular flexibility index (Phi) is 5.03. The molecule has 0 N–H and O–H groups in total. The number of halogens is 1. The van der Waals surface area contributed by atoms with Gasteiger partial charge < -0.3 is 0 Å². The van der Waals surface area contributed by atoms with E-state index in [4.69, 9.17) is 0 Å². The summed E-state index contributed by atoms with van der Waals surface area (Å²) in [5.41, 5.74) is 1.44. The second-order valence-corrected chi connectivity index (χ2v) is 7.93. The summed E-state index contributed by atoms with van der Waals surface area (Å²) in [5.74, 6) is 0.725. The Morgan fingerprint density at radius 3 is 2.62 bits per heavy atom. The monoisotopic (exact) mass is 350 g/mol. The van der Waals surface area contributed by atoms with E-state index in [0.717, 1.165) is 18.5 Å². The Morgan fingerprint density at radius 2 is 1.90 bits per heavy atom. The molecule has 0 aliphatic carbocycles. The van der Waals surface area contributed by atoms with Crippen LogP contribution in [-0.2, 0) is 6.54 Å². The molecule has 2 atom stereocenters. The van der Waals surface area contributed by atoms with Crippen molar-refractivity contribution in [3.8, 4) is 0 Å². The molecule has 2 nitrogen and oxygen atoms in total. The van der Waals surface area contributed by atoms with E-state index in [1.807, 2.05) is 0 Å². The summed E-state index contributed by atoms with van der Waals surface area (Å²) >= 11 is 3.53. The van der Waals surface area contributed by atoms with Gasteiger partial charge in [0, 0.05) is 36.2 Å². The number of piperazine rings is 1. The highest BCUT2D eigenvalue weighted by Gasteiger charge is 2.35. The van der Waals surface area contributed by atoms with Crippen molar-refractivity contribution in [2.24, 2.45) is 5.92 Å². The van der Waals surface area contributed by atoms with Crippen molar-refractivity contribution in [2.75, 3.05) is 19.6 Å². The van der Waals surface area contributed by atoms with Gasteiger partial charge in [-0.3, -0.25) is 9.80 Å². The molecule has 2 heterocycles. The van der Waals surface area contributed by atoms with Crippen molar-refractivity contribution in [1.82, 2.24) is 9.80 Å². The maximum atomic E-state index is 3.53. The summed E-state index contributed by atoms with van der Waals surface area (Å²) in [4.78, 5) is 5.49. The first-order chi connectivity index (χ1) is 10.1. The summed E-state index contributed by atoms with van der Waals surface area (Å²) in [6, 6.07) is 10.3. The molecular formula is C18H27BrN2. The SMILES string of the molecule is CC(C)C1CN2CCCCC2CN1Cc1ccc(Br)cc1. The predicted molar refractivity (Wildman–Crippen MR) is 92.4 cm³/mol. The minimum atomic E-state index is 0.697. The lowest BCUT2D eigenvalue weighted by molar-refractivity contribution is -0.0118.